The Morgan fingerprint density at radius 3 is 2.59 bits per heavy atom. The van der Waals surface area contributed by atoms with E-state index in [4.69, 9.17) is 26.1 Å². The molecule has 1 aliphatic heterocycles. The number of allylic oxidation sites excluding steroid dienone is 1. The molecule has 222 valence electrons. The number of para-hydroxylation sites is 1. The van der Waals surface area contributed by atoms with Crippen LogP contribution in [-0.2, 0) is 16.1 Å². The summed E-state index contributed by atoms with van der Waals surface area (Å²) in [5.74, 6) is 0.162. The van der Waals surface area contributed by atoms with Crippen LogP contribution in [-0.4, -0.2) is 28.3 Å². The molecule has 7 nitrogen and oxygen atoms in total. The van der Waals surface area contributed by atoms with Crippen LogP contribution in [0.5, 0.6) is 5.75 Å². The number of esters is 1. The zero-order valence-electron chi connectivity index (χ0n) is 24.3. The van der Waals surface area contributed by atoms with E-state index in [-0.39, 0.29) is 12.2 Å². The largest absolute Gasteiger partial charge is 0.490 e. The molecule has 0 spiro atoms. The fraction of sp³-hybridized carbons (Fsp3) is 0.171. The molecular weight excluding hydrogens is 594 g/mol. The summed E-state index contributed by atoms with van der Waals surface area (Å²) in [7, 11) is 0. The third-order valence-electron chi connectivity index (χ3n) is 7.49. The van der Waals surface area contributed by atoms with Crippen molar-refractivity contribution in [1.29, 1.82) is 0 Å². The van der Waals surface area contributed by atoms with Crippen molar-refractivity contribution in [2.75, 3.05) is 13.2 Å². The van der Waals surface area contributed by atoms with Crippen molar-refractivity contribution in [2.45, 2.75) is 26.4 Å². The highest BCUT2D eigenvalue weighted by Crippen LogP contribution is 2.32. The smallest absolute Gasteiger partial charge is 0.338 e. The van der Waals surface area contributed by atoms with Crippen LogP contribution in [0.1, 0.15) is 36.6 Å². The normalized spacial score (nSPS) is 14.8. The van der Waals surface area contributed by atoms with Crippen LogP contribution in [0.2, 0.25) is 5.02 Å². The molecule has 0 fully saturated rings. The highest BCUT2D eigenvalue weighted by molar-refractivity contribution is 7.07. The van der Waals surface area contributed by atoms with E-state index >= 15 is 0 Å². The Bertz CT molecular complexity index is 2100. The minimum Gasteiger partial charge on any atom is -0.490 e. The number of carbonyl (C=O) groups excluding carboxylic acids is 1. The summed E-state index contributed by atoms with van der Waals surface area (Å²) >= 11 is 7.78. The Kier molecular flexibility index (Phi) is 8.37. The molecule has 0 unspecified atom stereocenters. The minimum absolute atomic E-state index is 0.208. The van der Waals surface area contributed by atoms with Gasteiger partial charge >= 0.3 is 5.97 Å². The maximum atomic E-state index is 14.2. The van der Waals surface area contributed by atoms with Crippen molar-refractivity contribution >= 4 is 45.9 Å². The summed E-state index contributed by atoms with van der Waals surface area (Å²) in [5.41, 5.74) is 4.30. The van der Waals surface area contributed by atoms with Gasteiger partial charge in [-0.3, -0.25) is 9.36 Å². The van der Waals surface area contributed by atoms with Crippen LogP contribution in [0.25, 0.3) is 17.0 Å². The number of aromatic nitrogens is 2. The van der Waals surface area contributed by atoms with Gasteiger partial charge in [-0.05, 0) is 55.3 Å². The lowest BCUT2D eigenvalue weighted by Crippen LogP contribution is -2.39. The first-order valence-corrected chi connectivity index (χ1v) is 15.4. The molecule has 0 N–H and O–H groups in total. The maximum Gasteiger partial charge on any atom is 0.338 e. The maximum absolute atomic E-state index is 14.2. The molecule has 3 heterocycles. The molecule has 0 saturated heterocycles. The van der Waals surface area contributed by atoms with Crippen LogP contribution >= 0.6 is 22.9 Å². The first kappa shape index (κ1) is 29.4. The van der Waals surface area contributed by atoms with E-state index in [0.717, 1.165) is 27.6 Å². The summed E-state index contributed by atoms with van der Waals surface area (Å²) in [5, 5.41) is 1.72. The predicted octanol–water partition coefficient (Wildman–Crippen LogP) is 6.02. The topological polar surface area (TPSA) is 74.8 Å². The van der Waals surface area contributed by atoms with E-state index in [1.807, 2.05) is 79.0 Å². The van der Waals surface area contributed by atoms with E-state index in [2.05, 4.69) is 17.2 Å². The quantitative estimate of drug-likeness (QED) is 0.149. The van der Waals surface area contributed by atoms with Gasteiger partial charge in [-0.2, -0.15) is 0 Å². The lowest BCUT2D eigenvalue weighted by atomic mass is 9.96. The van der Waals surface area contributed by atoms with Crippen molar-refractivity contribution in [1.82, 2.24) is 9.13 Å². The van der Waals surface area contributed by atoms with Gasteiger partial charge in [0.2, 0.25) is 0 Å². The second-order valence-electron chi connectivity index (χ2n) is 10.3. The molecule has 0 saturated carbocycles. The summed E-state index contributed by atoms with van der Waals surface area (Å²) in [4.78, 5) is 32.6. The Hall–Kier alpha value is -4.66. The van der Waals surface area contributed by atoms with Crippen LogP contribution in [0.15, 0.2) is 113 Å². The van der Waals surface area contributed by atoms with Gasteiger partial charge in [0, 0.05) is 34.2 Å². The number of benzene rings is 3. The third-order valence-corrected chi connectivity index (χ3v) is 8.84. The van der Waals surface area contributed by atoms with Gasteiger partial charge in [0.15, 0.2) is 4.80 Å². The van der Waals surface area contributed by atoms with Crippen molar-refractivity contribution < 1.29 is 14.3 Å². The summed E-state index contributed by atoms with van der Waals surface area (Å²) in [6.45, 7) is 8.39. The lowest BCUT2D eigenvalue weighted by molar-refractivity contribution is -0.139. The Morgan fingerprint density at radius 2 is 1.84 bits per heavy atom. The highest BCUT2D eigenvalue weighted by Gasteiger charge is 2.33. The van der Waals surface area contributed by atoms with E-state index in [9.17, 15) is 9.59 Å². The standard InChI is InChI=1S/C35H30ClN3O4S/c1-4-18-43-26-16-14-23(15-17-26)32-31(34(41)42-5-2)22(3)37-35-39(32)33(40)30(44-35)19-25-21-38(29-13-9-7-11-27(25)29)20-24-10-6-8-12-28(24)36/h4,6-17,19,21,32H,1,5,18,20H2,2-3H3/b30-19-/t32-/m0/s1. The minimum atomic E-state index is -0.706. The molecule has 0 amide bonds. The van der Waals surface area contributed by atoms with Gasteiger partial charge in [-0.25, -0.2) is 9.79 Å². The molecule has 0 radical (unpaired) electrons. The number of hydrogen-bond donors (Lipinski definition) is 0. The number of ether oxygens (including phenoxy) is 2. The van der Waals surface area contributed by atoms with Crippen LogP contribution in [0, 0.1) is 0 Å². The number of hydrogen-bond acceptors (Lipinski definition) is 6. The first-order chi connectivity index (χ1) is 21.4. The highest BCUT2D eigenvalue weighted by atomic mass is 35.5. The first-order valence-electron chi connectivity index (χ1n) is 14.2. The lowest BCUT2D eigenvalue weighted by Gasteiger charge is -2.24. The second-order valence-corrected chi connectivity index (χ2v) is 11.7. The summed E-state index contributed by atoms with van der Waals surface area (Å²) in [6, 6.07) is 22.5. The van der Waals surface area contributed by atoms with Crippen molar-refractivity contribution in [3.8, 4) is 5.75 Å². The van der Waals surface area contributed by atoms with Gasteiger partial charge in [0.05, 0.1) is 28.5 Å². The third kappa shape index (κ3) is 5.54. The Balaban J connectivity index is 1.49. The zero-order chi connectivity index (χ0) is 30.8. The van der Waals surface area contributed by atoms with Gasteiger partial charge in [0.1, 0.15) is 12.4 Å². The predicted molar refractivity (Wildman–Crippen MR) is 175 cm³/mol. The molecule has 9 heteroatoms. The zero-order valence-corrected chi connectivity index (χ0v) is 25.9. The average Bonchev–Trinajstić information content (AvgIpc) is 3.53. The number of carbonyl (C=O) groups is 1. The molecule has 2 aromatic heterocycles. The Morgan fingerprint density at radius 1 is 1.09 bits per heavy atom. The fourth-order valence-electron chi connectivity index (χ4n) is 5.48. The number of fused-ring (bicyclic) bond motifs is 2. The number of halogens is 1. The van der Waals surface area contributed by atoms with Crippen molar-refractivity contribution in [3.63, 3.8) is 0 Å². The average molecular weight is 624 g/mol. The molecule has 1 aliphatic rings. The number of thiazole rings is 1. The van der Waals surface area contributed by atoms with Crippen LogP contribution < -0.4 is 19.6 Å². The SMILES string of the molecule is C=CCOc1ccc([C@H]2C(C(=O)OCC)=C(C)N=c3s/c(=C\c4cn(Cc5ccccc5Cl)c5ccccc45)c(=O)n32)cc1. The molecule has 6 rings (SSSR count). The van der Waals surface area contributed by atoms with Crippen molar-refractivity contribution in [2.24, 2.45) is 4.99 Å². The molecule has 5 aromatic rings. The summed E-state index contributed by atoms with van der Waals surface area (Å²) in [6.07, 6.45) is 5.62. The van der Waals surface area contributed by atoms with Gasteiger partial charge in [-0.15, -0.1) is 0 Å². The van der Waals surface area contributed by atoms with Gasteiger partial charge < -0.3 is 14.0 Å². The summed E-state index contributed by atoms with van der Waals surface area (Å²) < 4.78 is 15.3. The molecular formula is C35H30ClN3O4S. The molecule has 44 heavy (non-hydrogen) atoms. The van der Waals surface area contributed by atoms with Crippen molar-refractivity contribution in [3.05, 3.63) is 144 Å². The monoisotopic (exact) mass is 623 g/mol. The van der Waals surface area contributed by atoms with Crippen LogP contribution in [0.3, 0.4) is 0 Å². The van der Waals surface area contributed by atoms with E-state index in [1.165, 1.54) is 11.3 Å². The molecule has 1 atom stereocenters. The molecule has 0 aliphatic carbocycles. The molecule has 0 bridgehead atoms. The van der Waals surface area contributed by atoms with E-state index < -0.39 is 12.0 Å². The molecule has 3 aromatic carbocycles. The number of nitrogens with zero attached hydrogens (tertiary/aromatic N) is 3. The number of rotatable bonds is 9. The van der Waals surface area contributed by atoms with E-state index in [0.29, 0.717) is 44.5 Å². The van der Waals surface area contributed by atoms with Crippen LogP contribution in [0.4, 0.5) is 0 Å². The second kappa shape index (κ2) is 12.5. The Labute approximate surface area is 263 Å². The van der Waals surface area contributed by atoms with E-state index in [1.54, 1.807) is 24.5 Å². The fourth-order valence-corrected chi connectivity index (χ4v) is 6.71. The van der Waals surface area contributed by atoms with Gasteiger partial charge in [0.25, 0.3) is 5.56 Å². The van der Waals surface area contributed by atoms with Gasteiger partial charge in [-0.1, -0.05) is 84.1 Å².